The van der Waals surface area contributed by atoms with Crippen LogP contribution in [-0.4, -0.2) is 5.48 Å². The van der Waals surface area contributed by atoms with Crippen molar-refractivity contribution in [2.24, 2.45) is 0 Å². The first-order chi connectivity index (χ1) is 1.41. The van der Waals surface area contributed by atoms with Gasteiger partial charge in [0.25, 0.3) is 0 Å². The molecule has 4 heteroatoms. The lowest BCUT2D eigenvalue weighted by Crippen LogP contribution is -1.10. The summed E-state index contributed by atoms with van der Waals surface area (Å²) in [6, 6.07) is 1.75. The zero-order chi connectivity index (χ0) is 2.71. The zero-order valence-corrected chi connectivity index (χ0v) is 4.90. The molecule has 0 unspecified atom stereocenters. The SMILES string of the molecule is CC#N.Cl.Cl.O. The predicted molar refractivity (Wildman–Crippen MR) is 29.4 cm³/mol. The minimum Gasteiger partial charge on any atom is -0.412 e. The summed E-state index contributed by atoms with van der Waals surface area (Å²) in [5, 5.41) is 7.32. The van der Waals surface area contributed by atoms with Gasteiger partial charge >= 0.3 is 0 Å². The van der Waals surface area contributed by atoms with Crippen LogP contribution in [0.25, 0.3) is 0 Å². The number of hydrogen-bond donors (Lipinski definition) is 0. The lowest BCUT2D eigenvalue weighted by molar-refractivity contribution is 0.824. The molecule has 0 bridgehead atoms. The van der Waals surface area contributed by atoms with E-state index in [1.54, 1.807) is 6.07 Å². The quantitative estimate of drug-likeness (QED) is 0.474. The summed E-state index contributed by atoms with van der Waals surface area (Å²) >= 11 is 0. The van der Waals surface area contributed by atoms with Gasteiger partial charge in [0, 0.05) is 6.92 Å². The van der Waals surface area contributed by atoms with E-state index in [9.17, 15) is 0 Å². The first-order valence-corrected chi connectivity index (χ1v) is 0.724. The van der Waals surface area contributed by atoms with E-state index < -0.39 is 0 Å². The maximum atomic E-state index is 7.32. The van der Waals surface area contributed by atoms with Crippen LogP contribution in [0.15, 0.2) is 0 Å². The Morgan fingerprint density at radius 2 is 1.33 bits per heavy atom. The molecule has 0 saturated heterocycles. The van der Waals surface area contributed by atoms with Crippen molar-refractivity contribution in [2.45, 2.75) is 6.92 Å². The van der Waals surface area contributed by atoms with E-state index in [-0.39, 0.29) is 30.3 Å². The lowest BCUT2D eigenvalue weighted by Gasteiger charge is -1.15. The van der Waals surface area contributed by atoms with E-state index in [4.69, 9.17) is 5.26 Å². The molecule has 0 rings (SSSR count). The van der Waals surface area contributed by atoms with E-state index in [1.807, 2.05) is 0 Å². The Morgan fingerprint density at radius 1 is 1.33 bits per heavy atom. The summed E-state index contributed by atoms with van der Waals surface area (Å²) in [5.41, 5.74) is 0. The molecule has 0 aromatic carbocycles. The van der Waals surface area contributed by atoms with Gasteiger partial charge in [-0.2, -0.15) is 5.26 Å². The second-order valence-corrected chi connectivity index (χ2v) is 0.224. The van der Waals surface area contributed by atoms with Gasteiger partial charge < -0.3 is 5.48 Å². The van der Waals surface area contributed by atoms with Crippen LogP contribution in [0.2, 0.25) is 0 Å². The topological polar surface area (TPSA) is 55.3 Å². The largest absolute Gasteiger partial charge is 0.412 e. The molecule has 0 radical (unpaired) electrons. The average molecular weight is 132 g/mol. The van der Waals surface area contributed by atoms with Gasteiger partial charge in [0.15, 0.2) is 0 Å². The van der Waals surface area contributed by atoms with Crippen LogP contribution in [0.3, 0.4) is 0 Å². The minimum atomic E-state index is 0. The molecule has 0 saturated carbocycles. The Hall–Kier alpha value is 0.0300. The van der Waals surface area contributed by atoms with Crippen molar-refractivity contribution in [1.29, 1.82) is 5.26 Å². The van der Waals surface area contributed by atoms with Crippen LogP contribution >= 0.6 is 24.8 Å². The van der Waals surface area contributed by atoms with Gasteiger partial charge in [-0.05, 0) is 0 Å². The standard InChI is InChI=1S/C2H3N.2ClH.H2O/c1-2-3;;;/h1H3;2*1H;1H2. The molecule has 40 valence electrons. The van der Waals surface area contributed by atoms with E-state index in [0.29, 0.717) is 0 Å². The maximum Gasteiger partial charge on any atom is 0.0587 e. The summed E-state index contributed by atoms with van der Waals surface area (Å²) in [5.74, 6) is 0. The molecule has 2 N–H and O–H groups in total. The zero-order valence-electron chi connectivity index (χ0n) is 3.26. The van der Waals surface area contributed by atoms with Crippen molar-refractivity contribution in [3.63, 3.8) is 0 Å². The second-order valence-electron chi connectivity index (χ2n) is 0.224. The van der Waals surface area contributed by atoms with Crippen molar-refractivity contribution in [2.75, 3.05) is 0 Å². The fourth-order valence-corrected chi connectivity index (χ4v) is 0. The minimum absolute atomic E-state index is 0. The first-order valence-electron chi connectivity index (χ1n) is 0.724. The number of halogens is 2. The van der Waals surface area contributed by atoms with Gasteiger partial charge in [-0.25, -0.2) is 0 Å². The Morgan fingerprint density at radius 3 is 1.33 bits per heavy atom. The average Bonchev–Trinajstić information content (AvgIpc) is 0.918. The van der Waals surface area contributed by atoms with Gasteiger partial charge in [-0.3, -0.25) is 0 Å². The van der Waals surface area contributed by atoms with Crippen LogP contribution < -0.4 is 0 Å². The highest BCUT2D eigenvalue weighted by molar-refractivity contribution is 5.85. The fraction of sp³-hybridized carbons (Fsp3) is 0.500. The number of rotatable bonds is 0. The molecule has 2 nitrogen and oxygen atoms in total. The summed E-state index contributed by atoms with van der Waals surface area (Å²) < 4.78 is 0. The van der Waals surface area contributed by atoms with Crippen LogP contribution in [0.1, 0.15) is 6.92 Å². The van der Waals surface area contributed by atoms with Gasteiger partial charge in [-0.1, -0.05) is 0 Å². The molecule has 0 aromatic rings. The molecule has 0 aliphatic rings. The van der Waals surface area contributed by atoms with Gasteiger partial charge in [0.1, 0.15) is 0 Å². The Kier molecular flexibility index (Phi) is 475. The van der Waals surface area contributed by atoms with E-state index >= 15 is 0 Å². The van der Waals surface area contributed by atoms with Crippen molar-refractivity contribution < 1.29 is 5.48 Å². The molecule has 0 heterocycles. The third-order valence-corrected chi connectivity index (χ3v) is 0. The van der Waals surface area contributed by atoms with Crippen LogP contribution in [-0.2, 0) is 0 Å². The van der Waals surface area contributed by atoms with E-state index in [1.165, 1.54) is 6.92 Å². The van der Waals surface area contributed by atoms with Gasteiger partial charge in [0.05, 0.1) is 6.07 Å². The van der Waals surface area contributed by atoms with Crippen molar-refractivity contribution in [3.8, 4) is 6.07 Å². The molecule has 0 fully saturated rings. The van der Waals surface area contributed by atoms with E-state index in [2.05, 4.69) is 0 Å². The van der Waals surface area contributed by atoms with Crippen molar-refractivity contribution in [3.05, 3.63) is 0 Å². The molecule has 0 spiro atoms. The third-order valence-electron chi connectivity index (χ3n) is 0. The van der Waals surface area contributed by atoms with Gasteiger partial charge in [-0.15, -0.1) is 24.8 Å². The number of nitrogens with zero attached hydrogens (tertiary/aromatic N) is 1. The lowest BCUT2D eigenvalue weighted by atomic mass is 11.0. The third kappa shape index (κ3) is 41100. The molecule has 6 heavy (non-hydrogen) atoms. The Labute approximate surface area is 49.3 Å². The second kappa shape index (κ2) is 77.0. The molecular weight excluding hydrogens is 125 g/mol. The first kappa shape index (κ1) is 37.0. The van der Waals surface area contributed by atoms with Crippen molar-refractivity contribution in [1.82, 2.24) is 0 Å². The Balaban J connectivity index is -0.00000000667. The maximum absolute atomic E-state index is 7.32. The van der Waals surface area contributed by atoms with Crippen LogP contribution in [0.5, 0.6) is 0 Å². The summed E-state index contributed by atoms with van der Waals surface area (Å²) in [6.45, 7) is 1.43. The molecule has 0 aliphatic heterocycles. The number of nitriles is 1. The molecular formula is C2H7Cl2NO. The molecule has 0 aromatic heterocycles. The summed E-state index contributed by atoms with van der Waals surface area (Å²) in [6.07, 6.45) is 0. The van der Waals surface area contributed by atoms with Crippen LogP contribution in [0.4, 0.5) is 0 Å². The van der Waals surface area contributed by atoms with Crippen LogP contribution in [0, 0.1) is 11.3 Å². The molecule has 0 aliphatic carbocycles. The molecule has 0 atom stereocenters. The highest BCUT2D eigenvalue weighted by Crippen LogP contribution is 1.21. The summed E-state index contributed by atoms with van der Waals surface area (Å²) in [7, 11) is 0. The number of hydrogen-bond acceptors (Lipinski definition) is 1. The highest BCUT2D eigenvalue weighted by atomic mass is 35.5. The normalized spacial score (nSPS) is 1.33. The monoisotopic (exact) mass is 131 g/mol. The van der Waals surface area contributed by atoms with Gasteiger partial charge in [0.2, 0.25) is 0 Å². The molecule has 0 amide bonds. The van der Waals surface area contributed by atoms with E-state index in [0.717, 1.165) is 0 Å². The smallest absolute Gasteiger partial charge is 0.0587 e. The van der Waals surface area contributed by atoms with Crippen molar-refractivity contribution >= 4 is 24.8 Å². The Bertz CT molecular complexity index is 33.0. The predicted octanol–water partition coefficient (Wildman–Crippen LogP) is 0.549. The summed E-state index contributed by atoms with van der Waals surface area (Å²) in [4.78, 5) is 0. The highest BCUT2D eigenvalue weighted by Gasteiger charge is 1.17. The fourth-order valence-electron chi connectivity index (χ4n) is 0.